The van der Waals surface area contributed by atoms with Gasteiger partial charge in [-0.05, 0) is 25.5 Å². The van der Waals surface area contributed by atoms with E-state index in [1.54, 1.807) is 4.90 Å². The Morgan fingerprint density at radius 1 is 1.44 bits per heavy atom. The molecule has 0 bridgehead atoms. The van der Waals surface area contributed by atoms with Gasteiger partial charge in [-0.1, -0.05) is 18.2 Å². The molecule has 0 radical (unpaired) electrons. The van der Waals surface area contributed by atoms with Gasteiger partial charge in [-0.3, -0.25) is 4.79 Å². The van der Waals surface area contributed by atoms with Crippen molar-refractivity contribution >= 4 is 5.91 Å². The summed E-state index contributed by atoms with van der Waals surface area (Å²) in [7, 11) is 0. The number of hydrogen-bond acceptors (Lipinski definition) is 3. The third-order valence-electron chi connectivity index (χ3n) is 3.19. The van der Waals surface area contributed by atoms with Crippen molar-refractivity contribution in [3.63, 3.8) is 0 Å². The Kier molecular flexibility index (Phi) is 3.99. The maximum atomic E-state index is 12.4. The Morgan fingerprint density at radius 2 is 2.17 bits per heavy atom. The summed E-state index contributed by atoms with van der Waals surface area (Å²) in [6, 6.07) is 7.56. The lowest BCUT2D eigenvalue weighted by atomic mass is 10.1. The van der Waals surface area contributed by atoms with E-state index in [1.807, 2.05) is 38.1 Å². The van der Waals surface area contributed by atoms with Crippen molar-refractivity contribution in [3.05, 3.63) is 35.4 Å². The predicted molar refractivity (Wildman–Crippen MR) is 68.5 cm³/mol. The van der Waals surface area contributed by atoms with E-state index >= 15 is 0 Å². The molecule has 0 aromatic heterocycles. The Bertz CT molecular complexity index is 433. The van der Waals surface area contributed by atoms with Gasteiger partial charge in [0.05, 0.1) is 18.8 Å². The molecule has 0 spiro atoms. The van der Waals surface area contributed by atoms with E-state index in [9.17, 15) is 9.90 Å². The molecule has 1 heterocycles. The van der Waals surface area contributed by atoms with Gasteiger partial charge in [0.15, 0.2) is 0 Å². The average molecular weight is 249 g/mol. The second-order valence-electron chi connectivity index (χ2n) is 4.78. The number of aryl methyl sites for hydroxylation is 1. The van der Waals surface area contributed by atoms with Crippen LogP contribution in [-0.2, 0) is 4.74 Å². The van der Waals surface area contributed by atoms with E-state index < -0.39 is 0 Å². The molecule has 1 N–H and O–H groups in total. The molecule has 4 heteroatoms. The van der Waals surface area contributed by atoms with E-state index in [0.29, 0.717) is 13.1 Å². The topological polar surface area (TPSA) is 49.8 Å². The number of hydrogen-bond donors (Lipinski definition) is 1. The monoisotopic (exact) mass is 249 g/mol. The first-order valence-electron chi connectivity index (χ1n) is 6.23. The Balaban J connectivity index is 2.16. The fourth-order valence-corrected chi connectivity index (χ4v) is 2.30. The minimum Gasteiger partial charge on any atom is -0.394 e. The highest BCUT2D eigenvalue weighted by Crippen LogP contribution is 2.16. The van der Waals surface area contributed by atoms with Crippen molar-refractivity contribution in [1.29, 1.82) is 0 Å². The minimum absolute atomic E-state index is 0.0155. The Hall–Kier alpha value is -1.39. The molecule has 2 unspecified atom stereocenters. The highest BCUT2D eigenvalue weighted by molar-refractivity contribution is 5.95. The molecule has 0 aliphatic carbocycles. The van der Waals surface area contributed by atoms with Crippen LogP contribution in [0, 0.1) is 6.92 Å². The molecule has 2 atom stereocenters. The maximum absolute atomic E-state index is 12.4. The number of aliphatic hydroxyl groups excluding tert-OH is 1. The summed E-state index contributed by atoms with van der Waals surface area (Å²) in [6.45, 7) is 4.82. The zero-order chi connectivity index (χ0) is 13.1. The number of aliphatic hydroxyl groups is 1. The first kappa shape index (κ1) is 13.1. The van der Waals surface area contributed by atoms with Crippen molar-refractivity contribution in [2.45, 2.75) is 26.1 Å². The summed E-state index contributed by atoms with van der Waals surface area (Å²) in [5, 5.41) is 9.17. The van der Waals surface area contributed by atoms with Gasteiger partial charge in [-0.2, -0.15) is 0 Å². The number of morpholine rings is 1. The second-order valence-corrected chi connectivity index (χ2v) is 4.78. The normalized spacial score (nSPS) is 24.1. The highest BCUT2D eigenvalue weighted by Gasteiger charge is 2.28. The molecule has 1 saturated heterocycles. The summed E-state index contributed by atoms with van der Waals surface area (Å²) in [5.74, 6) is 0.0155. The van der Waals surface area contributed by atoms with Gasteiger partial charge in [0.2, 0.25) is 0 Å². The van der Waals surface area contributed by atoms with Crippen molar-refractivity contribution in [2.75, 3.05) is 19.7 Å². The smallest absolute Gasteiger partial charge is 0.254 e. The first-order valence-corrected chi connectivity index (χ1v) is 6.23. The number of carbonyl (C=O) groups excluding carboxylic acids is 1. The van der Waals surface area contributed by atoms with E-state index in [1.165, 1.54) is 0 Å². The quantitative estimate of drug-likeness (QED) is 0.857. The van der Waals surface area contributed by atoms with E-state index in [-0.39, 0.29) is 24.7 Å². The van der Waals surface area contributed by atoms with Crippen LogP contribution in [0.5, 0.6) is 0 Å². The number of amides is 1. The SMILES string of the molecule is Cc1ccccc1C(=O)N1CC(C)OC(CO)C1. The zero-order valence-electron chi connectivity index (χ0n) is 10.8. The summed E-state index contributed by atoms with van der Waals surface area (Å²) in [5.41, 5.74) is 1.70. The fourth-order valence-electron chi connectivity index (χ4n) is 2.30. The van der Waals surface area contributed by atoms with E-state index in [4.69, 9.17) is 4.74 Å². The summed E-state index contributed by atoms with van der Waals surface area (Å²) >= 11 is 0. The highest BCUT2D eigenvalue weighted by atomic mass is 16.5. The Labute approximate surface area is 107 Å². The number of carbonyl (C=O) groups is 1. The van der Waals surface area contributed by atoms with E-state index in [2.05, 4.69) is 0 Å². The van der Waals surface area contributed by atoms with Crippen molar-refractivity contribution < 1.29 is 14.6 Å². The van der Waals surface area contributed by atoms with E-state index in [0.717, 1.165) is 11.1 Å². The molecule has 1 aliphatic rings. The molecule has 98 valence electrons. The Morgan fingerprint density at radius 3 is 2.83 bits per heavy atom. The maximum Gasteiger partial charge on any atom is 0.254 e. The number of ether oxygens (including phenoxy) is 1. The zero-order valence-corrected chi connectivity index (χ0v) is 10.8. The molecule has 0 saturated carbocycles. The summed E-state index contributed by atoms with van der Waals surface area (Å²) in [4.78, 5) is 14.2. The third kappa shape index (κ3) is 2.71. The minimum atomic E-state index is -0.276. The standard InChI is InChI=1S/C14H19NO3/c1-10-5-3-4-6-13(10)14(17)15-7-11(2)18-12(8-15)9-16/h3-6,11-12,16H,7-9H2,1-2H3. The molecule has 1 aliphatic heterocycles. The summed E-state index contributed by atoms with van der Waals surface area (Å²) in [6.07, 6.45) is -0.314. The van der Waals surface area contributed by atoms with Crippen LogP contribution in [0.4, 0.5) is 0 Å². The fraction of sp³-hybridized carbons (Fsp3) is 0.500. The predicted octanol–water partition coefficient (Wildman–Crippen LogP) is 1.22. The van der Waals surface area contributed by atoms with Crippen LogP contribution in [0.2, 0.25) is 0 Å². The summed E-state index contributed by atoms with van der Waals surface area (Å²) < 4.78 is 5.54. The third-order valence-corrected chi connectivity index (χ3v) is 3.19. The lowest BCUT2D eigenvalue weighted by Gasteiger charge is -2.36. The van der Waals surface area contributed by atoms with Crippen LogP contribution in [0.15, 0.2) is 24.3 Å². The lowest BCUT2D eigenvalue weighted by molar-refractivity contribution is -0.0858. The second kappa shape index (κ2) is 5.50. The molecule has 4 nitrogen and oxygen atoms in total. The van der Waals surface area contributed by atoms with Crippen LogP contribution < -0.4 is 0 Å². The van der Waals surface area contributed by atoms with Gasteiger partial charge in [-0.25, -0.2) is 0 Å². The molecular weight excluding hydrogens is 230 g/mol. The van der Waals surface area contributed by atoms with Gasteiger partial charge < -0.3 is 14.7 Å². The average Bonchev–Trinajstić information content (AvgIpc) is 2.37. The largest absolute Gasteiger partial charge is 0.394 e. The van der Waals surface area contributed by atoms with Crippen molar-refractivity contribution in [1.82, 2.24) is 4.90 Å². The molecule has 1 aromatic rings. The molecule has 18 heavy (non-hydrogen) atoms. The van der Waals surface area contributed by atoms with Gasteiger partial charge in [-0.15, -0.1) is 0 Å². The van der Waals surface area contributed by atoms with Crippen LogP contribution in [-0.4, -0.2) is 47.8 Å². The van der Waals surface area contributed by atoms with Gasteiger partial charge in [0, 0.05) is 18.7 Å². The van der Waals surface area contributed by atoms with Crippen molar-refractivity contribution in [2.24, 2.45) is 0 Å². The molecule has 1 fully saturated rings. The van der Waals surface area contributed by atoms with Gasteiger partial charge in [0.25, 0.3) is 5.91 Å². The number of nitrogens with zero attached hydrogens (tertiary/aromatic N) is 1. The van der Waals surface area contributed by atoms with Crippen LogP contribution in [0.3, 0.4) is 0 Å². The van der Waals surface area contributed by atoms with Crippen molar-refractivity contribution in [3.8, 4) is 0 Å². The molecule has 1 aromatic carbocycles. The van der Waals surface area contributed by atoms with Crippen LogP contribution >= 0.6 is 0 Å². The lowest BCUT2D eigenvalue weighted by Crippen LogP contribution is -2.50. The number of benzene rings is 1. The van der Waals surface area contributed by atoms with Crippen LogP contribution in [0.1, 0.15) is 22.8 Å². The van der Waals surface area contributed by atoms with Gasteiger partial charge >= 0.3 is 0 Å². The first-order chi connectivity index (χ1) is 8.61. The number of rotatable bonds is 2. The van der Waals surface area contributed by atoms with Crippen LogP contribution in [0.25, 0.3) is 0 Å². The molecular formula is C14H19NO3. The van der Waals surface area contributed by atoms with Gasteiger partial charge in [0.1, 0.15) is 0 Å². The molecule has 2 rings (SSSR count). The molecule has 1 amide bonds.